The van der Waals surface area contributed by atoms with E-state index in [1.807, 2.05) is 6.92 Å². The Labute approximate surface area is 121 Å². The smallest absolute Gasteiger partial charge is 0.310 e. The molecule has 1 aromatic carbocycles. The lowest BCUT2D eigenvalue weighted by Crippen LogP contribution is -2.20. The van der Waals surface area contributed by atoms with Gasteiger partial charge in [-0.3, -0.25) is 5.26 Å². The lowest BCUT2D eigenvalue weighted by molar-refractivity contribution is -0.253. The van der Waals surface area contributed by atoms with Crippen molar-refractivity contribution in [2.75, 3.05) is 5.75 Å². The number of hydrogen-bond donors (Lipinski definition) is 1. The highest BCUT2D eigenvalue weighted by molar-refractivity contribution is 9.09. The van der Waals surface area contributed by atoms with E-state index in [1.165, 1.54) is 0 Å². The van der Waals surface area contributed by atoms with Crippen LogP contribution in [0.3, 0.4) is 0 Å². The van der Waals surface area contributed by atoms with Crippen LogP contribution >= 0.6 is 15.9 Å². The van der Waals surface area contributed by atoms with Crippen LogP contribution in [0.5, 0.6) is 5.75 Å². The van der Waals surface area contributed by atoms with Gasteiger partial charge in [-0.05, 0) is 36.6 Å². The minimum Gasteiger partial charge on any atom is -0.382 e. The standard InChI is InChI=1S/C12H17BrO5S/c1-3-11(13)8-19(15,16)18-12-5-4-10(7-17-14)6-9(12)2/h4-6,11,14H,3,7-8H2,1-2H3. The first-order valence-electron chi connectivity index (χ1n) is 5.80. The minimum absolute atomic E-state index is 0.0488. The van der Waals surface area contributed by atoms with Crippen molar-refractivity contribution in [3.8, 4) is 5.75 Å². The Morgan fingerprint density at radius 2 is 2.11 bits per heavy atom. The van der Waals surface area contributed by atoms with Gasteiger partial charge in [-0.15, -0.1) is 0 Å². The zero-order valence-corrected chi connectivity index (χ0v) is 13.2. The third-order valence-electron chi connectivity index (χ3n) is 2.52. The summed E-state index contributed by atoms with van der Waals surface area (Å²) in [4.78, 5) is 3.90. The van der Waals surface area contributed by atoms with Crippen LogP contribution in [0.25, 0.3) is 0 Å². The van der Waals surface area contributed by atoms with E-state index in [4.69, 9.17) is 9.44 Å². The second kappa shape index (κ2) is 7.23. The fourth-order valence-electron chi connectivity index (χ4n) is 1.48. The predicted octanol–water partition coefficient (Wildman–Crippen LogP) is 2.87. The fourth-order valence-corrected chi connectivity index (χ4v) is 3.66. The molecule has 0 fully saturated rings. The molecule has 1 rings (SSSR count). The highest BCUT2D eigenvalue weighted by Crippen LogP contribution is 2.22. The number of benzene rings is 1. The van der Waals surface area contributed by atoms with Crippen molar-refractivity contribution in [3.63, 3.8) is 0 Å². The Kier molecular flexibility index (Phi) is 6.25. The summed E-state index contributed by atoms with van der Waals surface area (Å²) in [6.07, 6.45) is 0.703. The molecular formula is C12H17BrO5S. The number of hydrogen-bond acceptors (Lipinski definition) is 5. The third kappa shape index (κ3) is 5.48. The maximum atomic E-state index is 11.8. The van der Waals surface area contributed by atoms with Gasteiger partial charge in [0, 0.05) is 4.83 Å². The molecule has 0 aliphatic carbocycles. The van der Waals surface area contributed by atoms with Crippen molar-refractivity contribution in [2.24, 2.45) is 0 Å². The Balaban J connectivity index is 2.82. The molecule has 0 saturated carbocycles. The first kappa shape index (κ1) is 16.4. The normalized spacial score (nSPS) is 13.3. The summed E-state index contributed by atoms with van der Waals surface area (Å²) < 4.78 is 28.7. The molecule has 0 spiro atoms. The summed E-state index contributed by atoms with van der Waals surface area (Å²) in [5, 5.41) is 8.36. The maximum Gasteiger partial charge on any atom is 0.310 e. The predicted molar refractivity (Wildman–Crippen MR) is 76.0 cm³/mol. The third-order valence-corrected chi connectivity index (χ3v) is 5.16. The molecule has 0 aliphatic heterocycles. The summed E-state index contributed by atoms with van der Waals surface area (Å²) >= 11 is 3.27. The molecule has 0 bridgehead atoms. The van der Waals surface area contributed by atoms with Crippen molar-refractivity contribution >= 4 is 26.0 Å². The summed E-state index contributed by atoms with van der Waals surface area (Å²) in [6, 6.07) is 4.89. The molecule has 0 heterocycles. The molecular weight excluding hydrogens is 336 g/mol. The molecule has 5 nitrogen and oxygen atoms in total. The molecule has 108 valence electrons. The lowest BCUT2D eigenvalue weighted by atomic mass is 10.1. The number of halogens is 1. The van der Waals surface area contributed by atoms with Gasteiger partial charge in [0.1, 0.15) is 12.4 Å². The van der Waals surface area contributed by atoms with Gasteiger partial charge in [0.15, 0.2) is 0 Å². The van der Waals surface area contributed by atoms with E-state index in [2.05, 4.69) is 20.8 Å². The van der Waals surface area contributed by atoms with Gasteiger partial charge in [0.05, 0.1) is 5.75 Å². The Morgan fingerprint density at radius 1 is 1.42 bits per heavy atom. The Hall–Kier alpha value is -0.630. The molecule has 0 aliphatic rings. The van der Waals surface area contributed by atoms with Crippen LogP contribution in [0.1, 0.15) is 24.5 Å². The van der Waals surface area contributed by atoms with Crippen LogP contribution in [0, 0.1) is 6.92 Å². The van der Waals surface area contributed by atoms with Crippen molar-refractivity contribution < 1.29 is 22.7 Å². The largest absolute Gasteiger partial charge is 0.382 e. The van der Waals surface area contributed by atoms with Gasteiger partial charge < -0.3 is 4.18 Å². The van der Waals surface area contributed by atoms with E-state index in [9.17, 15) is 8.42 Å². The van der Waals surface area contributed by atoms with Crippen LogP contribution < -0.4 is 4.18 Å². The van der Waals surface area contributed by atoms with Gasteiger partial charge >= 0.3 is 10.1 Å². The molecule has 7 heteroatoms. The van der Waals surface area contributed by atoms with Crippen LogP contribution in [-0.2, 0) is 21.6 Å². The molecule has 0 radical (unpaired) electrons. The maximum absolute atomic E-state index is 11.8. The van der Waals surface area contributed by atoms with Crippen molar-refractivity contribution in [3.05, 3.63) is 29.3 Å². The van der Waals surface area contributed by atoms with Gasteiger partial charge in [-0.2, -0.15) is 8.42 Å². The summed E-state index contributed by atoms with van der Waals surface area (Å²) in [5.74, 6) is 0.210. The number of aryl methyl sites for hydroxylation is 1. The van der Waals surface area contributed by atoms with Gasteiger partial charge in [0.25, 0.3) is 0 Å². The second-order valence-electron chi connectivity index (χ2n) is 4.19. The van der Waals surface area contributed by atoms with Gasteiger partial charge in [-0.25, -0.2) is 4.89 Å². The average Bonchev–Trinajstić information content (AvgIpc) is 2.32. The quantitative estimate of drug-likeness (QED) is 0.353. The lowest BCUT2D eigenvalue weighted by Gasteiger charge is -2.12. The van der Waals surface area contributed by atoms with Crippen molar-refractivity contribution in [1.29, 1.82) is 0 Å². The second-order valence-corrected chi connectivity index (χ2v) is 7.10. The molecule has 1 unspecified atom stereocenters. The zero-order valence-electron chi connectivity index (χ0n) is 10.8. The van der Waals surface area contributed by atoms with E-state index in [0.717, 1.165) is 5.56 Å². The summed E-state index contributed by atoms with van der Waals surface area (Å²) in [6.45, 7) is 3.67. The van der Waals surface area contributed by atoms with Crippen molar-refractivity contribution in [1.82, 2.24) is 0 Å². The molecule has 0 aromatic heterocycles. The van der Waals surface area contributed by atoms with E-state index < -0.39 is 10.1 Å². The van der Waals surface area contributed by atoms with Gasteiger partial charge in [-0.1, -0.05) is 28.9 Å². The molecule has 19 heavy (non-hydrogen) atoms. The summed E-state index contributed by atoms with van der Waals surface area (Å²) in [7, 11) is -3.62. The minimum atomic E-state index is -3.62. The first-order valence-corrected chi connectivity index (χ1v) is 8.29. The van der Waals surface area contributed by atoms with Crippen molar-refractivity contribution in [2.45, 2.75) is 31.7 Å². The van der Waals surface area contributed by atoms with Crippen LogP contribution in [0.4, 0.5) is 0 Å². The highest BCUT2D eigenvalue weighted by Gasteiger charge is 2.18. The van der Waals surface area contributed by atoms with E-state index in [-0.39, 0.29) is 22.9 Å². The Bertz CT molecular complexity index is 515. The fraction of sp³-hybridized carbons (Fsp3) is 0.500. The molecule has 1 N–H and O–H groups in total. The first-order chi connectivity index (χ1) is 8.88. The van der Waals surface area contributed by atoms with Crippen LogP contribution in [-0.4, -0.2) is 24.3 Å². The topological polar surface area (TPSA) is 72.8 Å². The Morgan fingerprint density at radius 3 is 2.63 bits per heavy atom. The van der Waals surface area contributed by atoms with Crippen LogP contribution in [0.2, 0.25) is 0 Å². The van der Waals surface area contributed by atoms with Gasteiger partial charge in [0.2, 0.25) is 0 Å². The highest BCUT2D eigenvalue weighted by atomic mass is 79.9. The zero-order chi connectivity index (χ0) is 14.5. The monoisotopic (exact) mass is 352 g/mol. The van der Waals surface area contributed by atoms with Crippen LogP contribution in [0.15, 0.2) is 18.2 Å². The molecule has 0 saturated heterocycles. The van der Waals surface area contributed by atoms with E-state index in [1.54, 1.807) is 25.1 Å². The van der Waals surface area contributed by atoms with E-state index in [0.29, 0.717) is 12.0 Å². The number of rotatable bonds is 7. The average molecular weight is 353 g/mol. The SMILES string of the molecule is CCC(Br)CS(=O)(=O)Oc1ccc(COO)cc1C. The summed E-state index contributed by atoms with van der Waals surface area (Å²) in [5.41, 5.74) is 1.40. The molecule has 0 amide bonds. The molecule has 1 atom stereocenters. The number of alkyl halides is 1. The molecule has 1 aromatic rings. The van der Waals surface area contributed by atoms with E-state index >= 15 is 0 Å².